The first-order valence-corrected chi connectivity index (χ1v) is 7.19. The van der Waals surface area contributed by atoms with Crippen molar-refractivity contribution in [3.05, 3.63) is 64.8 Å². The summed E-state index contributed by atoms with van der Waals surface area (Å²) in [4.78, 5) is 15.3. The molecule has 3 rings (SSSR count). The molecule has 1 aromatic heterocycles. The summed E-state index contributed by atoms with van der Waals surface area (Å²) in [5.74, 6) is -0.359. The highest BCUT2D eigenvalue weighted by Crippen LogP contribution is 2.39. The quantitative estimate of drug-likeness (QED) is 0.496. The first-order chi connectivity index (χ1) is 10.2. The molecule has 102 valence electrons. The van der Waals surface area contributed by atoms with Gasteiger partial charge in [-0.05, 0) is 39.4 Å². The van der Waals surface area contributed by atoms with Gasteiger partial charge in [0.25, 0.3) is 0 Å². The molecule has 1 heterocycles. The average molecular weight is 293 g/mol. The number of fused-ring (bicyclic) bond motifs is 1. The minimum absolute atomic E-state index is 0.359. The fourth-order valence-electron chi connectivity index (χ4n) is 2.35. The van der Waals surface area contributed by atoms with Gasteiger partial charge in [0, 0.05) is 0 Å². The molecular formula is C17H11NO2S. The van der Waals surface area contributed by atoms with Gasteiger partial charge in [-0.3, -0.25) is 0 Å². The third-order valence-electron chi connectivity index (χ3n) is 3.34. The van der Waals surface area contributed by atoms with Crippen LogP contribution in [-0.2, 0) is 4.74 Å². The van der Waals surface area contributed by atoms with E-state index in [-0.39, 0.29) is 5.97 Å². The van der Waals surface area contributed by atoms with Crippen molar-refractivity contribution in [2.75, 3.05) is 7.11 Å². The van der Waals surface area contributed by atoms with Gasteiger partial charge in [-0.15, -0.1) is 0 Å². The number of esters is 1. The second kappa shape index (κ2) is 5.39. The maximum atomic E-state index is 11.7. The predicted molar refractivity (Wildman–Crippen MR) is 84.9 cm³/mol. The molecule has 0 N–H and O–H groups in total. The number of ether oxygens (including phenoxy) is 1. The number of rotatable bonds is 2. The van der Waals surface area contributed by atoms with E-state index >= 15 is 0 Å². The van der Waals surface area contributed by atoms with Crippen molar-refractivity contribution < 1.29 is 9.53 Å². The SMILES string of the molecule is [C-]#[N+]c1sccc1-c1cccc2ccc(C(=O)OC)cc12. The monoisotopic (exact) mass is 293 g/mol. The van der Waals surface area contributed by atoms with Crippen molar-refractivity contribution in [1.82, 2.24) is 0 Å². The maximum absolute atomic E-state index is 11.7. The number of methoxy groups -OCH3 is 1. The van der Waals surface area contributed by atoms with Crippen LogP contribution < -0.4 is 0 Å². The molecule has 0 atom stereocenters. The van der Waals surface area contributed by atoms with E-state index in [1.807, 2.05) is 41.8 Å². The van der Waals surface area contributed by atoms with E-state index in [1.165, 1.54) is 18.4 Å². The van der Waals surface area contributed by atoms with Crippen molar-refractivity contribution in [2.24, 2.45) is 0 Å². The van der Waals surface area contributed by atoms with Gasteiger partial charge in [-0.25, -0.2) is 9.64 Å². The summed E-state index contributed by atoms with van der Waals surface area (Å²) in [7, 11) is 1.37. The van der Waals surface area contributed by atoms with Crippen molar-refractivity contribution in [3.63, 3.8) is 0 Å². The minimum Gasteiger partial charge on any atom is -0.465 e. The number of nitrogens with zero attached hydrogens (tertiary/aromatic N) is 1. The average Bonchev–Trinajstić information content (AvgIpc) is 3.01. The fraction of sp³-hybridized carbons (Fsp3) is 0.0588. The number of carbonyl (C=O) groups excluding carboxylic acids is 1. The van der Waals surface area contributed by atoms with Gasteiger partial charge in [-0.2, -0.15) is 11.3 Å². The first kappa shape index (κ1) is 13.3. The smallest absolute Gasteiger partial charge is 0.337 e. The molecule has 0 aliphatic heterocycles. The van der Waals surface area contributed by atoms with Crippen molar-refractivity contribution in [3.8, 4) is 11.1 Å². The van der Waals surface area contributed by atoms with E-state index in [0.717, 1.165) is 21.9 Å². The molecule has 3 nitrogen and oxygen atoms in total. The van der Waals surface area contributed by atoms with Crippen molar-refractivity contribution >= 4 is 33.1 Å². The molecule has 0 bridgehead atoms. The van der Waals surface area contributed by atoms with Gasteiger partial charge < -0.3 is 4.74 Å². The van der Waals surface area contributed by atoms with E-state index < -0.39 is 0 Å². The highest BCUT2D eigenvalue weighted by Gasteiger charge is 2.12. The lowest BCUT2D eigenvalue weighted by atomic mass is 9.98. The Morgan fingerprint density at radius 2 is 2.05 bits per heavy atom. The van der Waals surface area contributed by atoms with Crippen LogP contribution in [0.15, 0.2) is 47.8 Å². The Morgan fingerprint density at radius 3 is 2.81 bits per heavy atom. The largest absolute Gasteiger partial charge is 0.465 e. The molecule has 0 amide bonds. The Bertz CT molecular complexity index is 874. The molecule has 0 unspecified atom stereocenters. The number of thiophene rings is 1. The highest BCUT2D eigenvalue weighted by atomic mass is 32.1. The Kier molecular flexibility index (Phi) is 3.43. The van der Waals surface area contributed by atoms with E-state index in [9.17, 15) is 4.79 Å². The third-order valence-corrected chi connectivity index (χ3v) is 4.15. The number of carbonyl (C=O) groups is 1. The topological polar surface area (TPSA) is 30.7 Å². The summed E-state index contributed by atoms with van der Waals surface area (Å²) in [5.41, 5.74) is 2.38. The van der Waals surface area contributed by atoms with E-state index in [0.29, 0.717) is 10.6 Å². The lowest BCUT2D eigenvalue weighted by Gasteiger charge is -2.08. The van der Waals surface area contributed by atoms with Gasteiger partial charge in [0.2, 0.25) is 5.00 Å². The molecule has 4 heteroatoms. The van der Waals surface area contributed by atoms with Crippen LogP contribution in [0.25, 0.3) is 26.7 Å². The third kappa shape index (κ3) is 2.28. The van der Waals surface area contributed by atoms with Crippen LogP contribution in [-0.4, -0.2) is 13.1 Å². The minimum atomic E-state index is -0.359. The van der Waals surface area contributed by atoms with Gasteiger partial charge in [-0.1, -0.05) is 30.3 Å². The summed E-state index contributed by atoms with van der Waals surface area (Å²) in [5, 5.41) is 4.54. The lowest BCUT2D eigenvalue weighted by molar-refractivity contribution is 0.0601. The Hall–Kier alpha value is -2.64. The second-order valence-electron chi connectivity index (χ2n) is 4.48. The van der Waals surface area contributed by atoms with Crippen LogP contribution in [0, 0.1) is 6.57 Å². The second-order valence-corrected chi connectivity index (χ2v) is 5.38. The van der Waals surface area contributed by atoms with Crippen LogP contribution in [0.1, 0.15) is 10.4 Å². The van der Waals surface area contributed by atoms with Crippen LogP contribution in [0.5, 0.6) is 0 Å². The maximum Gasteiger partial charge on any atom is 0.337 e. The summed E-state index contributed by atoms with van der Waals surface area (Å²) in [6.07, 6.45) is 0. The molecule has 21 heavy (non-hydrogen) atoms. The number of hydrogen-bond acceptors (Lipinski definition) is 3. The molecule has 3 aromatic rings. The fourth-order valence-corrected chi connectivity index (χ4v) is 3.04. The van der Waals surface area contributed by atoms with Crippen LogP contribution in [0.4, 0.5) is 5.00 Å². The molecule has 0 saturated carbocycles. The van der Waals surface area contributed by atoms with Gasteiger partial charge in [0.15, 0.2) is 0 Å². The van der Waals surface area contributed by atoms with Crippen LogP contribution in [0.2, 0.25) is 0 Å². The zero-order valence-corrected chi connectivity index (χ0v) is 12.1. The first-order valence-electron chi connectivity index (χ1n) is 6.31. The molecule has 0 aliphatic carbocycles. The van der Waals surface area contributed by atoms with Crippen LogP contribution in [0.3, 0.4) is 0 Å². The molecule has 2 aromatic carbocycles. The molecule has 0 fully saturated rings. The van der Waals surface area contributed by atoms with E-state index in [1.54, 1.807) is 6.07 Å². The molecule has 0 saturated heterocycles. The van der Waals surface area contributed by atoms with Crippen molar-refractivity contribution in [1.29, 1.82) is 0 Å². The number of hydrogen-bond donors (Lipinski definition) is 0. The Morgan fingerprint density at radius 1 is 1.19 bits per heavy atom. The zero-order valence-electron chi connectivity index (χ0n) is 11.3. The van der Waals surface area contributed by atoms with Crippen LogP contribution >= 0.6 is 11.3 Å². The standard InChI is InChI=1S/C17H11NO2S/c1-18-16-14(8-9-21-16)13-5-3-4-11-6-7-12(10-15(11)13)17(19)20-2/h3-10H,2H3. The lowest BCUT2D eigenvalue weighted by Crippen LogP contribution is -2.00. The number of benzene rings is 2. The normalized spacial score (nSPS) is 10.3. The zero-order chi connectivity index (χ0) is 14.8. The summed E-state index contributed by atoms with van der Waals surface area (Å²) in [6.45, 7) is 7.26. The predicted octanol–water partition coefficient (Wildman–Crippen LogP) is 4.91. The molecule has 0 aliphatic rings. The van der Waals surface area contributed by atoms with Crippen molar-refractivity contribution in [2.45, 2.75) is 0 Å². The highest BCUT2D eigenvalue weighted by molar-refractivity contribution is 7.15. The van der Waals surface area contributed by atoms with Gasteiger partial charge in [0.05, 0.1) is 19.2 Å². The van der Waals surface area contributed by atoms with E-state index in [4.69, 9.17) is 11.3 Å². The summed E-state index contributed by atoms with van der Waals surface area (Å²) >= 11 is 1.42. The molecule has 0 spiro atoms. The van der Waals surface area contributed by atoms with Gasteiger partial charge in [0.1, 0.15) is 0 Å². The molecular weight excluding hydrogens is 282 g/mol. The Balaban J connectivity index is 2.28. The summed E-state index contributed by atoms with van der Waals surface area (Å²) < 4.78 is 4.78. The van der Waals surface area contributed by atoms with Gasteiger partial charge >= 0.3 is 5.97 Å². The van der Waals surface area contributed by atoms with E-state index in [2.05, 4.69) is 4.85 Å². The molecule has 0 radical (unpaired) electrons. The summed E-state index contributed by atoms with van der Waals surface area (Å²) in [6, 6.07) is 13.3. The Labute approximate surface area is 126 Å².